The molecule has 2 amide bonds. The van der Waals surface area contributed by atoms with Crippen molar-refractivity contribution >= 4 is 17.5 Å². The van der Waals surface area contributed by atoms with E-state index in [1.165, 1.54) is 6.08 Å². The highest BCUT2D eigenvalue weighted by molar-refractivity contribution is 5.99. The third-order valence-electron chi connectivity index (χ3n) is 3.30. The summed E-state index contributed by atoms with van der Waals surface area (Å²) in [5.41, 5.74) is 6.24. The van der Waals surface area contributed by atoms with Gasteiger partial charge in [-0.25, -0.2) is 0 Å². The number of nitrogens with one attached hydrogen (secondary N) is 2. The highest BCUT2D eigenvalue weighted by atomic mass is 16.5. The number of hydrogen-bond acceptors (Lipinski definition) is 4. The van der Waals surface area contributed by atoms with Gasteiger partial charge in [-0.1, -0.05) is 19.9 Å². The van der Waals surface area contributed by atoms with Crippen molar-refractivity contribution in [3.05, 3.63) is 36.4 Å². The van der Waals surface area contributed by atoms with Crippen molar-refractivity contribution < 1.29 is 14.3 Å². The highest BCUT2D eigenvalue weighted by Gasteiger charge is 2.14. The van der Waals surface area contributed by atoms with E-state index < -0.39 is 6.04 Å². The highest BCUT2D eigenvalue weighted by Crippen LogP contribution is 2.15. The van der Waals surface area contributed by atoms with Gasteiger partial charge in [0.2, 0.25) is 11.8 Å². The second kappa shape index (κ2) is 9.72. The maximum absolute atomic E-state index is 12.0. The third-order valence-corrected chi connectivity index (χ3v) is 3.30. The maximum atomic E-state index is 12.0. The Hall–Kier alpha value is -2.34. The second-order valence-electron chi connectivity index (χ2n) is 6.11. The van der Waals surface area contributed by atoms with Crippen LogP contribution in [0.5, 0.6) is 5.75 Å². The number of methoxy groups -OCH3 is 1. The van der Waals surface area contributed by atoms with Crippen LogP contribution in [0.4, 0.5) is 5.69 Å². The lowest BCUT2D eigenvalue weighted by atomic mass is 10.0. The summed E-state index contributed by atoms with van der Waals surface area (Å²) in [6, 6.07) is 6.24. The fourth-order valence-corrected chi connectivity index (χ4v) is 2.07. The maximum Gasteiger partial charge on any atom is 0.248 e. The first-order valence-electron chi connectivity index (χ1n) is 8.01. The van der Waals surface area contributed by atoms with Gasteiger partial charge in [-0.05, 0) is 43.5 Å². The molecule has 6 heteroatoms. The Morgan fingerprint density at radius 3 is 2.33 bits per heavy atom. The van der Waals surface area contributed by atoms with Gasteiger partial charge in [-0.3, -0.25) is 9.59 Å². The SMILES string of the molecule is COc1ccc(NC(=O)C=CC(CC(C)C)NC(=O)C(C)N)cc1. The van der Waals surface area contributed by atoms with E-state index in [2.05, 4.69) is 24.5 Å². The molecular weight excluding hydrogens is 306 g/mol. The summed E-state index contributed by atoms with van der Waals surface area (Å²) < 4.78 is 5.07. The summed E-state index contributed by atoms with van der Waals surface area (Å²) in [5, 5.41) is 5.59. The molecule has 0 fully saturated rings. The Kier molecular flexibility index (Phi) is 7.98. The largest absolute Gasteiger partial charge is 0.497 e. The van der Waals surface area contributed by atoms with Crippen molar-refractivity contribution in [1.82, 2.24) is 5.32 Å². The van der Waals surface area contributed by atoms with Gasteiger partial charge in [0.1, 0.15) is 5.75 Å². The van der Waals surface area contributed by atoms with E-state index in [1.807, 2.05) is 0 Å². The quantitative estimate of drug-likeness (QED) is 0.635. The molecule has 1 aromatic rings. The zero-order valence-corrected chi connectivity index (χ0v) is 14.7. The van der Waals surface area contributed by atoms with Crippen LogP contribution >= 0.6 is 0 Å². The molecule has 0 bridgehead atoms. The molecule has 1 rings (SSSR count). The molecule has 0 saturated heterocycles. The molecule has 24 heavy (non-hydrogen) atoms. The van der Waals surface area contributed by atoms with Crippen LogP contribution < -0.4 is 21.1 Å². The Balaban J connectivity index is 2.65. The number of nitrogens with two attached hydrogens (primary N) is 1. The molecule has 2 unspecified atom stereocenters. The average molecular weight is 333 g/mol. The Morgan fingerprint density at radius 1 is 1.21 bits per heavy atom. The topological polar surface area (TPSA) is 93.5 Å². The summed E-state index contributed by atoms with van der Waals surface area (Å²) in [4.78, 5) is 23.8. The Bertz CT molecular complexity index is 565. The minimum Gasteiger partial charge on any atom is -0.497 e. The van der Waals surface area contributed by atoms with Crippen molar-refractivity contribution in [2.24, 2.45) is 11.7 Å². The van der Waals surface area contributed by atoms with Crippen LogP contribution in [0.15, 0.2) is 36.4 Å². The molecule has 0 heterocycles. The van der Waals surface area contributed by atoms with Crippen LogP contribution in [-0.2, 0) is 9.59 Å². The van der Waals surface area contributed by atoms with Gasteiger partial charge in [0.25, 0.3) is 0 Å². The average Bonchev–Trinajstić information content (AvgIpc) is 2.52. The fourth-order valence-electron chi connectivity index (χ4n) is 2.07. The molecule has 132 valence electrons. The molecule has 0 aliphatic heterocycles. The third kappa shape index (κ3) is 7.28. The van der Waals surface area contributed by atoms with E-state index >= 15 is 0 Å². The molecule has 0 spiro atoms. The molecule has 2 atom stereocenters. The van der Waals surface area contributed by atoms with E-state index in [4.69, 9.17) is 10.5 Å². The smallest absolute Gasteiger partial charge is 0.248 e. The molecule has 0 radical (unpaired) electrons. The van der Waals surface area contributed by atoms with Crippen molar-refractivity contribution in [3.8, 4) is 5.75 Å². The van der Waals surface area contributed by atoms with Crippen LogP contribution in [0.1, 0.15) is 27.2 Å². The number of rotatable bonds is 8. The first-order valence-corrected chi connectivity index (χ1v) is 8.01. The number of benzene rings is 1. The number of amides is 2. The van der Waals surface area contributed by atoms with Gasteiger partial charge < -0.3 is 21.1 Å². The van der Waals surface area contributed by atoms with Crippen LogP contribution in [0.3, 0.4) is 0 Å². The summed E-state index contributed by atoms with van der Waals surface area (Å²) in [5.74, 6) is 0.599. The first-order chi connectivity index (χ1) is 11.3. The van der Waals surface area contributed by atoms with E-state index in [0.717, 1.165) is 12.2 Å². The minimum atomic E-state index is -0.582. The number of carbonyl (C=O) groups is 2. The predicted octanol–water partition coefficient (Wildman–Crippen LogP) is 2.07. The molecule has 4 N–H and O–H groups in total. The zero-order chi connectivity index (χ0) is 18.1. The fraction of sp³-hybridized carbons (Fsp3) is 0.444. The van der Waals surface area contributed by atoms with E-state index in [1.54, 1.807) is 44.4 Å². The Morgan fingerprint density at radius 2 is 1.83 bits per heavy atom. The number of hydrogen-bond donors (Lipinski definition) is 3. The van der Waals surface area contributed by atoms with E-state index in [9.17, 15) is 9.59 Å². The number of ether oxygens (including phenoxy) is 1. The molecular formula is C18H27N3O3. The van der Waals surface area contributed by atoms with Crippen LogP contribution in [0, 0.1) is 5.92 Å². The van der Waals surface area contributed by atoms with Gasteiger partial charge in [0.05, 0.1) is 13.2 Å². The van der Waals surface area contributed by atoms with Gasteiger partial charge in [-0.15, -0.1) is 0 Å². The number of carbonyl (C=O) groups excluding carboxylic acids is 2. The van der Waals surface area contributed by atoms with Crippen molar-refractivity contribution in [2.75, 3.05) is 12.4 Å². The minimum absolute atomic E-state index is 0.231. The first kappa shape index (κ1) is 19.7. The summed E-state index contributed by atoms with van der Waals surface area (Å²) in [7, 11) is 1.59. The lowest BCUT2D eigenvalue weighted by Crippen LogP contribution is -2.43. The zero-order valence-electron chi connectivity index (χ0n) is 14.7. The molecule has 1 aromatic carbocycles. The van der Waals surface area contributed by atoms with Crippen molar-refractivity contribution in [1.29, 1.82) is 0 Å². The molecule has 0 aliphatic rings. The van der Waals surface area contributed by atoms with Crippen LogP contribution in [0.2, 0.25) is 0 Å². The predicted molar refractivity (Wildman–Crippen MR) is 95.8 cm³/mol. The summed E-state index contributed by atoms with van der Waals surface area (Å²) in [6.07, 6.45) is 3.85. The monoisotopic (exact) mass is 333 g/mol. The van der Waals surface area contributed by atoms with Gasteiger partial charge in [0.15, 0.2) is 0 Å². The lowest BCUT2D eigenvalue weighted by Gasteiger charge is -2.18. The van der Waals surface area contributed by atoms with E-state index in [-0.39, 0.29) is 17.9 Å². The molecule has 6 nitrogen and oxygen atoms in total. The van der Waals surface area contributed by atoms with Crippen molar-refractivity contribution in [2.45, 2.75) is 39.3 Å². The Labute approximate surface area is 143 Å². The standard InChI is InChI=1S/C18H27N3O3/c1-12(2)11-15(21-18(23)13(3)19)7-10-17(22)20-14-5-8-16(24-4)9-6-14/h5-10,12-13,15H,11,19H2,1-4H3,(H,20,22)(H,21,23). The van der Waals surface area contributed by atoms with Crippen molar-refractivity contribution in [3.63, 3.8) is 0 Å². The molecule has 0 saturated carbocycles. The van der Waals surface area contributed by atoms with Gasteiger partial charge in [0, 0.05) is 17.8 Å². The normalized spacial score (nSPS) is 13.6. The summed E-state index contributed by atoms with van der Waals surface area (Å²) >= 11 is 0. The van der Waals surface area contributed by atoms with Gasteiger partial charge >= 0.3 is 0 Å². The second-order valence-corrected chi connectivity index (χ2v) is 6.11. The van der Waals surface area contributed by atoms with E-state index in [0.29, 0.717) is 11.6 Å². The van der Waals surface area contributed by atoms with Crippen LogP contribution in [0.25, 0.3) is 0 Å². The summed E-state index contributed by atoms with van der Waals surface area (Å²) in [6.45, 7) is 5.73. The number of anilines is 1. The molecule has 0 aromatic heterocycles. The van der Waals surface area contributed by atoms with Gasteiger partial charge in [-0.2, -0.15) is 0 Å². The lowest BCUT2D eigenvalue weighted by molar-refractivity contribution is -0.122. The van der Waals surface area contributed by atoms with Crippen LogP contribution in [-0.4, -0.2) is 31.0 Å². The molecule has 0 aliphatic carbocycles.